The molecule has 0 fully saturated rings. The van der Waals surface area contributed by atoms with Gasteiger partial charge in [-0.2, -0.15) is 10.2 Å². The van der Waals surface area contributed by atoms with E-state index in [9.17, 15) is 9.59 Å². The number of carbonyl (C=O) groups excluding carboxylic acids is 1. The summed E-state index contributed by atoms with van der Waals surface area (Å²) in [5.74, 6) is 0.939. The quantitative estimate of drug-likeness (QED) is 0.620. The molecule has 2 aromatic heterocycles. The topological polar surface area (TPSA) is 105 Å². The molecule has 1 amide bonds. The van der Waals surface area contributed by atoms with E-state index in [-0.39, 0.29) is 17.5 Å². The molecule has 3 N–H and O–H groups in total. The van der Waals surface area contributed by atoms with Gasteiger partial charge >= 0.3 is 0 Å². The van der Waals surface area contributed by atoms with Gasteiger partial charge in [0.15, 0.2) is 11.6 Å². The summed E-state index contributed by atoms with van der Waals surface area (Å²) in [4.78, 5) is 25.2. The van der Waals surface area contributed by atoms with Crippen LogP contribution in [0.4, 0.5) is 11.6 Å². The van der Waals surface area contributed by atoms with Crippen molar-refractivity contribution in [1.29, 1.82) is 0 Å². The molecule has 142 valence electrons. The Bertz CT molecular complexity index is 1030. The average molecular weight is 368 g/mol. The van der Waals surface area contributed by atoms with E-state index in [4.69, 9.17) is 0 Å². The monoisotopic (exact) mass is 368 g/mol. The molecule has 0 unspecified atom stereocenters. The SMILES string of the molecule is CCCNC(=O)c1ccc2c(Nc3cc(C)[nH]n3)nn(C(C)C)c(=O)c2c1. The summed E-state index contributed by atoms with van der Waals surface area (Å²) in [6.45, 7) is 8.26. The van der Waals surface area contributed by atoms with E-state index in [1.807, 2.05) is 33.8 Å². The molecule has 0 saturated heterocycles. The standard InChI is InChI=1S/C19H24N6O2/c1-5-8-20-18(26)13-6-7-14-15(10-13)19(27)25(11(2)3)24-17(14)21-16-9-12(4)22-23-16/h6-7,9-11H,5,8H2,1-4H3,(H,20,26)(H2,21,22,23,24). The molecule has 1 aromatic carbocycles. The van der Waals surface area contributed by atoms with E-state index in [0.717, 1.165) is 12.1 Å². The summed E-state index contributed by atoms with van der Waals surface area (Å²) in [5.41, 5.74) is 1.14. The highest BCUT2D eigenvalue weighted by Gasteiger charge is 2.16. The lowest BCUT2D eigenvalue weighted by atomic mass is 10.1. The second-order valence-corrected chi connectivity index (χ2v) is 6.77. The molecular weight excluding hydrogens is 344 g/mol. The van der Waals surface area contributed by atoms with Crippen molar-refractivity contribution in [3.05, 3.63) is 45.9 Å². The first-order valence-corrected chi connectivity index (χ1v) is 9.04. The summed E-state index contributed by atoms with van der Waals surface area (Å²) in [6, 6.07) is 6.81. The Balaban J connectivity index is 2.13. The molecule has 0 radical (unpaired) electrons. The molecule has 2 heterocycles. The van der Waals surface area contributed by atoms with Crippen LogP contribution in [-0.2, 0) is 0 Å². The van der Waals surface area contributed by atoms with Gasteiger partial charge in [-0.25, -0.2) is 4.68 Å². The van der Waals surface area contributed by atoms with Gasteiger partial charge in [0.25, 0.3) is 11.5 Å². The average Bonchev–Trinajstić information content (AvgIpc) is 3.06. The fourth-order valence-electron chi connectivity index (χ4n) is 2.79. The van der Waals surface area contributed by atoms with Gasteiger partial charge < -0.3 is 10.6 Å². The molecule has 8 nitrogen and oxygen atoms in total. The number of H-pyrrole nitrogens is 1. The number of nitrogens with zero attached hydrogens (tertiary/aromatic N) is 3. The maximum Gasteiger partial charge on any atom is 0.275 e. The number of benzene rings is 1. The van der Waals surface area contributed by atoms with E-state index in [0.29, 0.717) is 34.5 Å². The fourth-order valence-corrected chi connectivity index (χ4v) is 2.79. The van der Waals surface area contributed by atoms with Gasteiger partial charge in [-0.3, -0.25) is 14.7 Å². The lowest BCUT2D eigenvalue weighted by Crippen LogP contribution is -2.27. The van der Waals surface area contributed by atoms with Crippen molar-refractivity contribution in [2.45, 2.75) is 40.2 Å². The number of aromatic amines is 1. The zero-order valence-electron chi connectivity index (χ0n) is 16.0. The third-order valence-electron chi connectivity index (χ3n) is 4.16. The van der Waals surface area contributed by atoms with E-state index >= 15 is 0 Å². The number of fused-ring (bicyclic) bond motifs is 1. The van der Waals surface area contributed by atoms with Crippen LogP contribution < -0.4 is 16.2 Å². The lowest BCUT2D eigenvalue weighted by Gasteiger charge is -2.14. The van der Waals surface area contributed by atoms with Crippen molar-refractivity contribution in [2.24, 2.45) is 0 Å². The Morgan fingerprint density at radius 1 is 1.26 bits per heavy atom. The highest BCUT2D eigenvalue weighted by molar-refractivity contribution is 6.01. The summed E-state index contributed by atoms with van der Waals surface area (Å²) < 4.78 is 1.41. The molecule has 0 aliphatic carbocycles. The zero-order valence-corrected chi connectivity index (χ0v) is 16.0. The minimum atomic E-state index is -0.228. The maximum atomic E-state index is 12.9. The van der Waals surface area contributed by atoms with Crippen molar-refractivity contribution >= 4 is 28.3 Å². The number of aryl methyl sites for hydroxylation is 1. The van der Waals surface area contributed by atoms with E-state index < -0.39 is 0 Å². The summed E-state index contributed by atoms with van der Waals surface area (Å²) in [5, 5.41) is 18.6. The fraction of sp³-hybridized carbons (Fsp3) is 0.368. The van der Waals surface area contributed by atoms with Crippen LogP contribution in [0.3, 0.4) is 0 Å². The normalized spacial score (nSPS) is 11.1. The number of hydrogen-bond donors (Lipinski definition) is 3. The molecule has 27 heavy (non-hydrogen) atoms. The first-order chi connectivity index (χ1) is 12.9. The van der Waals surface area contributed by atoms with Gasteiger partial charge in [-0.1, -0.05) is 6.92 Å². The smallest absolute Gasteiger partial charge is 0.275 e. The molecule has 0 aliphatic rings. The number of carbonyl (C=O) groups is 1. The molecule has 3 aromatic rings. The Hall–Kier alpha value is -3.16. The molecule has 0 saturated carbocycles. The van der Waals surface area contributed by atoms with Gasteiger partial charge in [0, 0.05) is 29.3 Å². The summed E-state index contributed by atoms with van der Waals surface area (Å²) in [6.07, 6.45) is 0.848. The minimum absolute atomic E-state index is 0.124. The van der Waals surface area contributed by atoms with Crippen LogP contribution in [0.2, 0.25) is 0 Å². The van der Waals surface area contributed by atoms with Gasteiger partial charge in [0.2, 0.25) is 0 Å². The summed E-state index contributed by atoms with van der Waals surface area (Å²) in [7, 11) is 0. The molecule has 0 aliphatic heterocycles. The van der Waals surface area contributed by atoms with Crippen molar-refractivity contribution in [3.8, 4) is 0 Å². The third kappa shape index (κ3) is 3.84. The largest absolute Gasteiger partial charge is 0.352 e. The Morgan fingerprint density at radius 3 is 2.67 bits per heavy atom. The van der Waals surface area contributed by atoms with Crippen LogP contribution in [0.15, 0.2) is 29.1 Å². The van der Waals surface area contributed by atoms with Crippen LogP contribution in [0.5, 0.6) is 0 Å². The number of rotatable bonds is 6. The summed E-state index contributed by atoms with van der Waals surface area (Å²) >= 11 is 0. The number of hydrogen-bond acceptors (Lipinski definition) is 5. The Morgan fingerprint density at radius 2 is 2.04 bits per heavy atom. The first-order valence-electron chi connectivity index (χ1n) is 9.04. The van der Waals surface area contributed by atoms with Crippen molar-refractivity contribution in [2.75, 3.05) is 11.9 Å². The second kappa shape index (κ2) is 7.61. The third-order valence-corrected chi connectivity index (χ3v) is 4.16. The Labute approximate surface area is 157 Å². The predicted molar refractivity (Wildman–Crippen MR) is 106 cm³/mol. The molecular formula is C19H24N6O2. The number of nitrogens with one attached hydrogen (secondary N) is 3. The van der Waals surface area contributed by atoms with E-state index in [1.54, 1.807) is 18.2 Å². The minimum Gasteiger partial charge on any atom is -0.352 e. The van der Waals surface area contributed by atoms with E-state index in [1.165, 1.54) is 4.68 Å². The van der Waals surface area contributed by atoms with Crippen molar-refractivity contribution < 1.29 is 4.79 Å². The second-order valence-electron chi connectivity index (χ2n) is 6.77. The van der Waals surface area contributed by atoms with E-state index in [2.05, 4.69) is 25.9 Å². The van der Waals surface area contributed by atoms with Gasteiger partial charge in [-0.15, -0.1) is 0 Å². The predicted octanol–water partition coefficient (Wildman–Crippen LogP) is 2.89. The number of anilines is 2. The van der Waals surface area contributed by atoms with Crippen molar-refractivity contribution in [3.63, 3.8) is 0 Å². The van der Waals surface area contributed by atoms with Gasteiger partial charge in [-0.05, 0) is 45.4 Å². The molecule has 0 spiro atoms. The molecule has 3 rings (SSSR count). The molecule has 0 bridgehead atoms. The number of amides is 1. The zero-order chi connectivity index (χ0) is 19.6. The van der Waals surface area contributed by atoms with Crippen LogP contribution in [0.1, 0.15) is 49.3 Å². The van der Waals surface area contributed by atoms with Crippen LogP contribution >= 0.6 is 0 Å². The highest BCUT2D eigenvalue weighted by Crippen LogP contribution is 2.23. The van der Waals surface area contributed by atoms with Crippen LogP contribution in [0, 0.1) is 6.92 Å². The first kappa shape index (κ1) is 18.6. The van der Waals surface area contributed by atoms with Gasteiger partial charge in [0.1, 0.15) is 0 Å². The molecule has 8 heteroatoms. The highest BCUT2D eigenvalue weighted by atomic mass is 16.1. The van der Waals surface area contributed by atoms with Gasteiger partial charge in [0.05, 0.1) is 11.4 Å². The van der Waals surface area contributed by atoms with Crippen LogP contribution in [-0.4, -0.2) is 32.4 Å². The maximum absolute atomic E-state index is 12.9. The number of aromatic nitrogens is 4. The lowest BCUT2D eigenvalue weighted by molar-refractivity contribution is 0.0954. The van der Waals surface area contributed by atoms with Crippen LogP contribution in [0.25, 0.3) is 10.8 Å². The van der Waals surface area contributed by atoms with Crippen molar-refractivity contribution in [1.82, 2.24) is 25.3 Å². The Kier molecular flexibility index (Phi) is 5.25. The molecule has 0 atom stereocenters.